The van der Waals surface area contributed by atoms with Gasteiger partial charge in [-0.15, -0.1) is 0 Å². The van der Waals surface area contributed by atoms with Crippen LogP contribution in [0.5, 0.6) is 11.5 Å². The highest BCUT2D eigenvalue weighted by atomic mass is 16.5. The highest BCUT2D eigenvalue weighted by Crippen LogP contribution is 2.36. The number of benzene rings is 3. The lowest BCUT2D eigenvalue weighted by Crippen LogP contribution is -2.19. The number of nitrogens with zero attached hydrogens (tertiary/aromatic N) is 2. The number of para-hydroxylation sites is 2. The SMILES string of the molecule is [CH2]c1ccc(-c2cc(=O)n(C)nc2-c2ccccc2Oc2ccccc2)cc1. The van der Waals surface area contributed by atoms with Gasteiger partial charge in [0.2, 0.25) is 0 Å². The Morgan fingerprint density at radius 1 is 0.857 bits per heavy atom. The number of hydrogen-bond donors (Lipinski definition) is 0. The Bertz CT molecular complexity index is 1160. The number of rotatable bonds is 4. The number of hydrogen-bond acceptors (Lipinski definition) is 3. The van der Waals surface area contributed by atoms with Crippen molar-refractivity contribution in [1.29, 1.82) is 0 Å². The van der Waals surface area contributed by atoms with Crippen molar-refractivity contribution in [1.82, 2.24) is 9.78 Å². The number of ether oxygens (including phenoxy) is 1. The average Bonchev–Trinajstić information content (AvgIpc) is 2.72. The molecule has 1 aromatic heterocycles. The van der Waals surface area contributed by atoms with E-state index in [1.54, 1.807) is 13.1 Å². The van der Waals surface area contributed by atoms with Crippen LogP contribution in [-0.4, -0.2) is 9.78 Å². The number of aryl methyl sites for hydroxylation is 1. The summed E-state index contributed by atoms with van der Waals surface area (Å²) in [5.74, 6) is 1.41. The molecule has 0 aliphatic rings. The van der Waals surface area contributed by atoms with Crippen LogP contribution in [-0.2, 0) is 7.05 Å². The summed E-state index contributed by atoms with van der Waals surface area (Å²) in [5, 5.41) is 4.55. The molecule has 1 heterocycles. The van der Waals surface area contributed by atoms with E-state index in [-0.39, 0.29) is 5.56 Å². The first-order valence-corrected chi connectivity index (χ1v) is 8.95. The fraction of sp³-hybridized carbons (Fsp3) is 0.0417. The predicted molar refractivity (Wildman–Crippen MR) is 111 cm³/mol. The molecule has 0 bridgehead atoms. The summed E-state index contributed by atoms with van der Waals surface area (Å²) in [6.45, 7) is 3.93. The van der Waals surface area contributed by atoms with Crippen molar-refractivity contribution in [3.63, 3.8) is 0 Å². The van der Waals surface area contributed by atoms with E-state index in [0.29, 0.717) is 11.4 Å². The second-order valence-electron chi connectivity index (χ2n) is 6.48. The molecule has 0 amide bonds. The van der Waals surface area contributed by atoms with Gasteiger partial charge in [0.1, 0.15) is 17.2 Å². The molecule has 3 aromatic carbocycles. The first kappa shape index (κ1) is 17.7. The lowest BCUT2D eigenvalue weighted by molar-refractivity contribution is 0.484. The zero-order chi connectivity index (χ0) is 19.5. The maximum absolute atomic E-state index is 12.3. The molecule has 4 rings (SSSR count). The van der Waals surface area contributed by atoms with Gasteiger partial charge in [-0.1, -0.05) is 54.6 Å². The van der Waals surface area contributed by atoms with Crippen molar-refractivity contribution in [3.8, 4) is 33.9 Å². The Morgan fingerprint density at radius 2 is 1.54 bits per heavy atom. The summed E-state index contributed by atoms with van der Waals surface area (Å²) in [4.78, 5) is 12.3. The molecule has 0 aliphatic carbocycles. The Hall–Kier alpha value is -3.66. The van der Waals surface area contributed by atoms with Crippen molar-refractivity contribution in [2.24, 2.45) is 7.05 Å². The Labute approximate surface area is 163 Å². The molecular weight excluding hydrogens is 348 g/mol. The largest absolute Gasteiger partial charge is 0.457 e. The molecule has 0 unspecified atom stereocenters. The molecule has 0 saturated carbocycles. The maximum Gasteiger partial charge on any atom is 0.267 e. The topological polar surface area (TPSA) is 44.1 Å². The van der Waals surface area contributed by atoms with Crippen LogP contribution < -0.4 is 10.3 Å². The van der Waals surface area contributed by atoms with E-state index in [4.69, 9.17) is 4.74 Å². The van der Waals surface area contributed by atoms with Gasteiger partial charge in [0.05, 0.1) is 0 Å². The van der Waals surface area contributed by atoms with Crippen molar-refractivity contribution in [2.45, 2.75) is 0 Å². The summed E-state index contributed by atoms with van der Waals surface area (Å²) in [6.07, 6.45) is 0. The average molecular weight is 367 g/mol. The van der Waals surface area contributed by atoms with Gasteiger partial charge >= 0.3 is 0 Å². The van der Waals surface area contributed by atoms with Gasteiger partial charge < -0.3 is 4.74 Å². The molecule has 0 atom stereocenters. The molecule has 0 aliphatic heterocycles. The van der Waals surface area contributed by atoms with E-state index >= 15 is 0 Å². The van der Waals surface area contributed by atoms with E-state index in [2.05, 4.69) is 12.0 Å². The molecule has 0 fully saturated rings. The zero-order valence-corrected chi connectivity index (χ0v) is 15.5. The van der Waals surface area contributed by atoms with Crippen LogP contribution in [0.3, 0.4) is 0 Å². The summed E-state index contributed by atoms with van der Waals surface area (Å²) < 4.78 is 7.45. The molecule has 0 spiro atoms. The third-order valence-electron chi connectivity index (χ3n) is 4.47. The van der Waals surface area contributed by atoms with Crippen molar-refractivity contribution >= 4 is 0 Å². The second kappa shape index (κ2) is 7.53. The van der Waals surface area contributed by atoms with E-state index < -0.39 is 0 Å². The van der Waals surface area contributed by atoms with Crippen LogP contribution in [0.15, 0.2) is 89.7 Å². The molecule has 0 saturated heterocycles. The van der Waals surface area contributed by atoms with Crippen LogP contribution in [0.2, 0.25) is 0 Å². The molecule has 137 valence electrons. The van der Waals surface area contributed by atoms with Gasteiger partial charge in [-0.2, -0.15) is 5.10 Å². The molecule has 4 heteroatoms. The summed E-state index contributed by atoms with van der Waals surface area (Å²) in [6, 6.07) is 26.6. The lowest BCUT2D eigenvalue weighted by Gasteiger charge is -2.15. The highest BCUT2D eigenvalue weighted by molar-refractivity contribution is 5.83. The monoisotopic (exact) mass is 367 g/mol. The van der Waals surface area contributed by atoms with Gasteiger partial charge in [-0.05, 0) is 42.3 Å². The van der Waals surface area contributed by atoms with Crippen molar-refractivity contribution < 1.29 is 4.74 Å². The van der Waals surface area contributed by atoms with E-state index in [1.807, 2.05) is 78.9 Å². The quantitative estimate of drug-likeness (QED) is 0.505. The highest BCUT2D eigenvalue weighted by Gasteiger charge is 2.16. The Balaban J connectivity index is 1.89. The minimum absolute atomic E-state index is 0.168. The maximum atomic E-state index is 12.3. The normalized spacial score (nSPS) is 10.6. The third-order valence-corrected chi connectivity index (χ3v) is 4.47. The van der Waals surface area contributed by atoms with Crippen LogP contribution in [0.25, 0.3) is 22.4 Å². The zero-order valence-electron chi connectivity index (χ0n) is 15.5. The van der Waals surface area contributed by atoms with Crippen molar-refractivity contribution in [2.75, 3.05) is 0 Å². The molecule has 0 N–H and O–H groups in total. The van der Waals surface area contributed by atoms with E-state index in [9.17, 15) is 4.79 Å². The minimum atomic E-state index is -0.168. The Kier molecular flexibility index (Phi) is 4.77. The van der Waals surface area contributed by atoms with E-state index in [0.717, 1.165) is 28.0 Å². The fourth-order valence-electron chi connectivity index (χ4n) is 3.01. The van der Waals surface area contributed by atoms with E-state index in [1.165, 1.54) is 4.68 Å². The standard InChI is InChI=1S/C24H19N2O2/c1-17-12-14-18(15-13-17)21-16-23(27)26(2)25-24(21)20-10-6-7-11-22(20)28-19-8-4-3-5-9-19/h3-16H,1H2,2H3. The smallest absolute Gasteiger partial charge is 0.267 e. The van der Waals surface area contributed by atoms with Crippen LogP contribution >= 0.6 is 0 Å². The predicted octanol–water partition coefficient (Wildman–Crippen LogP) is 5.09. The van der Waals surface area contributed by atoms with Gasteiger partial charge in [0.15, 0.2) is 0 Å². The third kappa shape index (κ3) is 3.58. The minimum Gasteiger partial charge on any atom is -0.457 e. The van der Waals surface area contributed by atoms with Crippen molar-refractivity contribution in [3.05, 3.63) is 108 Å². The van der Waals surface area contributed by atoms with Gasteiger partial charge in [0, 0.05) is 24.2 Å². The summed E-state index contributed by atoms with van der Waals surface area (Å²) in [5.41, 5.74) is 3.91. The lowest BCUT2D eigenvalue weighted by atomic mass is 9.98. The molecule has 4 aromatic rings. The van der Waals surface area contributed by atoms with Gasteiger partial charge in [-0.25, -0.2) is 4.68 Å². The van der Waals surface area contributed by atoms with Crippen LogP contribution in [0.1, 0.15) is 5.56 Å². The molecule has 28 heavy (non-hydrogen) atoms. The summed E-state index contributed by atoms with van der Waals surface area (Å²) >= 11 is 0. The first-order chi connectivity index (χ1) is 13.6. The number of aromatic nitrogens is 2. The van der Waals surface area contributed by atoms with Gasteiger partial charge in [0.25, 0.3) is 5.56 Å². The second-order valence-corrected chi connectivity index (χ2v) is 6.48. The van der Waals surface area contributed by atoms with Crippen LogP contribution in [0, 0.1) is 6.92 Å². The molecule has 4 nitrogen and oxygen atoms in total. The fourth-order valence-corrected chi connectivity index (χ4v) is 3.01. The molecular formula is C24H19N2O2. The Morgan fingerprint density at radius 3 is 2.29 bits per heavy atom. The first-order valence-electron chi connectivity index (χ1n) is 8.95. The van der Waals surface area contributed by atoms with Gasteiger partial charge in [-0.3, -0.25) is 4.79 Å². The van der Waals surface area contributed by atoms with Crippen LogP contribution in [0.4, 0.5) is 0 Å². The molecule has 1 radical (unpaired) electrons. The summed E-state index contributed by atoms with van der Waals surface area (Å²) in [7, 11) is 1.65.